The van der Waals surface area contributed by atoms with Crippen LogP contribution in [-0.2, 0) is 6.42 Å². The molecule has 84 valence electrons. The minimum atomic E-state index is 0.174. The Hall–Kier alpha value is -1.02. The Morgan fingerprint density at radius 3 is 3.06 bits per heavy atom. The topological polar surface area (TPSA) is 20.3 Å². The second-order valence-electron chi connectivity index (χ2n) is 4.65. The van der Waals surface area contributed by atoms with Crippen molar-refractivity contribution in [1.29, 1.82) is 0 Å². The van der Waals surface area contributed by atoms with Crippen molar-refractivity contribution in [3.8, 4) is 0 Å². The van der Waals surface area contributed by atoms with Crippen LogP contribution in [0.1, 0.15) is 35.2 Å². The van der Waals surface area contributed by atoms with Gasteiger partial charge in [-0.3, -0.25) is 4.79 Å². The van der Waals surface area contributed by atoms with Gasteiger partial charge in [0, 0.05) is 23.2 Å². The van der Waals surface area contributed by atoms with Gasteiger partial charge in [-0.1, -0.05) is 17.7 Å². The number of hydrogen-bond acceptors (Lipinski definition) is 1. The molecule has 1 fully saturated rings. The quantitative estimate of drug-likeness (QED) is 0.677. The third kappa shape index (κ3) is 1.52. The van der Waals surface area contributed by atoms with Crippen LogP contribution in [0.2, 0.25) is 5.02 Å². The first-order valence-electron chi connectivity index (χ1n) is 5.85. The molecule has 1 aromatic rings. The highest BCUT2D eigenvalue weighted by Crippen LogP contribution is 2.30. The van der Waals surface area contributed by atoms with Gasteiger partial charge in [0.1, 0.15) is 0 Å². The van der Waals surface area contributed by atoms with Crippen molar-refractivity contribution < 1.29 is 4.79 Å². The molecule has 1 aromatic carbocycles. The molecular formula is C13H14ClNO. The molecule has 1 atom stereocenters. The zero-order valence-corrected chi connectivity index (χ0v) is 9.83. The summed E-state index contributed by atoms with van der Waals surface area (Å²) in [6.07, 6.45) is 4.53. The third-order valence-corrected chi connectivity index (χ3v) is 3.88. The summed E-state index contributed by atoms with van der Waals surface area (Å²) < 4.78 is 0. The van der Waals surface area contributed by atoms with Gasteiger partial charge in [-0.15, -0.1) is 0 Å². The fraction of sp³-hybridized carbons (Fsp3) is 0.462. The molecule has 3 heteroatoms. The van der Waals surface area contributed by atoms with E-state index in [4.69, 9.17) is 11.6 Å². The lowest BCUT2D eigenvalue weighted by Gasteiger charge is -2.40. The van der Waals surface area contributed by atoms with Crippen LogP contribution in [0, 0.1) is 0 Å². The number of piperidine rings is 1. The Kier molecular flexibility index (Phi) is 2.40. The van der Waals surface area contributed by atoms with Crippen molar-refractivity contribution in [1.82, 2.24) is 4.90 Å². The summed E-state index contributed by atoms with van der Waals surface area (Å²) in [5.74, 6) is 0.174. The number of benzene rings is 1. The number of amides is 1. The summed E-state index contributed by atoms with van der Waals surface area (Å²) in [4.78, 5) is 14.3. The van der Waals surface area contributed by atoms with Gasteiger partial charge in [0.15, 0.2) is 0 Å². The Morgan fingerprint density at radius 2 is 2.19 bits per heavy atom. The number of carbonyl (C=O) groups excluding carboxylic acids is 1. The smallest absolute Gasteiger partial charge is 0.254 e. The van der Waals surface area contributed by atoms with Crippen LogP contribution < -0.4 is 0 Å². The Labute approximate surface area is 100 Å². The molecule has 3 rings (SSSR count). The molecule has 0 bridgehead atoms. The van der Waals surface area contributed by atoms with Crippen molar-refractivity contribution in [3.05, 3.63) is 34.3 Å². The predicted octanol–water partition coefficient (Wildman–Crippen LogP) is 2.89. The predicted molar refractivity (Wildman–Crippen MR) is 63.8 cm³/mol. The van der Waals surface area contributed by atoms with E-state index in [1.54, 1.807) is 0 Å². The molecule has 2 aliphatic rings. The van der Waals surface area contributed by atoms with E-state index >= 15 is 0 Å². The van der Waals surface area contributed by atoms with Crippen LogP contribution in [0.15, 0.2) is 18.2 Å². The molecule has 0 spiro atoms. The van der Waals surface area contributed by atoms with Crippen molar-refractivity contribution in [2.45, 2.75) is 31.7 Å². The van der Waals surface area contributed by atoms with Crippen molar-refractivity contribution >= 4 is 17.5 Å². The number of hydrogen-bond donors (Lipinski definition) is 0. The van der Waals surface area contributed by atoms with Crippen LogP contribution in [0.4, 0.5) is 0 Å². The van der Waals surface area contributed by atoms with Gasteiger partial charge in [-0.2, -0.15) is 0 Å². The number of fused-ring (bicyclic) bond motifs is 2. The minimum Gasteiger partial charge on any atom is -0.335 e. The number of halogens is 1. The Morgan fingerprint density at radius 1 is 1.31 bits per heavy atom. The Bertz CT molecular complexity index is 444. The zero-order chi connectivity index (χ0) is 11.1. The molecule has 0 aliphatic carbocycles. The zero-order valence-electron chi connectivity index (χ0n) is 9.08. The summed E-state index contributed by atoms with van der Waals surface area (Å²) in [6, 6.07) is 6.12. The van der Waals surface area contributed by atoms with E-state index in [1.807, 2.05) is 23.1 Å². The van der Waals surface area contributed by atoms with E-state index in [2.05, 4.69) is 0 Å². The maximum atomic E-state index is 12.3. The molecule has 0 radical (unpaired) electrons. The first kappa shape index (κ1) is 10.2. The lowest BCUT2D eigenvalue weighted by Crippen LogP contribution is -2.48. The molecule has 0 N–H and O–H groups in total. The molecule has 2 aliphatic heterocycles. The van der Waals surface area contributed by atoms with E-state index in [1.165, 1.54) is 6.42 Å². The van der Waals surface area contributed by atoms with Gasteiger partial charge in [-0.25, -0.2) is 0 Å². The standard InChI is InChI=1S/C13H14ClNO/c14-10-5-4-9-7-11-3-1-2-6-15(11)13(16)12(9)8-10/h4-5,8,11H,1-3,6-7H2. The number of carbonyl (C=O) groups is 1. The first-order valence-corrected chi connectivity index (χ1v) is 6.23. The summed E-state index contributed by atoms with van der Waals surface area (Å²) >= 11 is 5.95. The third-order valence-electron chi connectivity index (χ3n) is 3.65. The number of rotatable bonds is 0. The molecule has 0 aromatic heterocycles. The molecule has 1 saturated heterocycles. The van der Waals surface area contributed by atoms with Crippen LogP contribution in [0.5, 0.6) is 0 Å². The van der Waals surface area contributed by atoms with E-state index in [-0.39, 0.29) is 5.91 Å². The van der Waals surface area contributed by atoms with Gasteiger partial charge < -0.3 is 4.90 Å². The van der Waals surface area contributed by atoms with Crippen molar-refractivity contribution in [2.75, 3.05) is 6.54 Å². The van der Waals surface area contributed by atoms with Crippen molar-refractivity contribution in [3.63, 3.8) is 0 Å². The lowest BCUT2D eigenvalue weighted by atomic mass is 9.88. The van der Waals surface area contributed by atoms with Crippen LogP contribution in [0.25, 0.3) is 0 Å². The summed E-state index contributed by atoms with van der Waals surface area (Å²) in [5.41, 5.74) is 1.98. The highest BCUT2D eigenvalue weighted by atomic mass is 35.5. The van der Waals surface area contributed by atoms with E-state index in [0.29, 0.717) is 11.1 Å². The van der Waals surface area contributed by atoms with Gasteiger partial charge in [0.25, 0.3) is 5.91 Å². The highest BCUT2D eigenvalue weighted by Gasteiger charge is 2.33. The molecule has 0 saturated carbocycles. The van der Waals surface area contributed by atoms with Crippen LogP contribution in [-0.4, -0.2) is 23.4 Å². The molecule has 16 heavy (non-hydrogen) atoms. The van der Waals surface area contributed by atoms with Crippen LogP contribution >= 0.6 is 11.6 Å². The molecule has 2 heterocycles. The maximum Gasteiger partial charge on any atom is 0.254 e. The normalized spacial score (nSPS) is 23.9. The Balaban J connectivity index is 2.03. The number of nitrogens with zero attached hydrogens (tertiary/aromatic N) is 1. The fourth-order valence-corrected chi connectivity index (χ4v) is 2.99. The molecular weight excluding hydrogens is 222 g/mol. The van der Waals surface area contributed by atoms with Crippen LogP contribution in [0.3, 0.4) is 0 Å². The maximum absolute atomic E-state index is 12.3. The second kappa shape index (κ2) is 3.77. The molecule has 1 unspecified atom stereocenters. The van der Waals surface area contributed by atoms with Gasteiger partial charge >= 0.3 is 0 Å². The average molecular weight is 236 g/mol. The van der Waals surface area contributed by atoms with E-state index < -0.39 is 0 Å². The SMILES string of the molecule is O=C1c2cc(Cl)ccc2CC2CCCCN12. The van der Waals surface area contributed by atoms with E-state index in [9.17, 15) is 4.79 Å². The van der Waals surface area contributed by atoms with Crippen molar-refractivity contribution in [2.24, 2.45) is 0 Å². The minimum absolute atomic E-state index is 0.174. The fourth-order valence-electron chi connectivity index (χ4n) is 2.81. The van der Waals surface area contributed by atoms with Gasteiger partial charge in [-0.05, 0) is 43.4 Å². The summed E-state index contributed by atoms with van der Waals surface area (Å²) in [5, 5.41) is 0.655. The second-order valence-corrected chi connectivity index (χ2v) is 5.09. The summed E-state index contributed by atoms with van der Waals surface area (Å²) in [7, 11) is 0. The highest BCUT2D eigenvalue weighted by molar-refractivity contribution is 6.31. The molecule has 2 nitrogen and oxygen atoms in total. The molecule has 1 amide bonds. The lowest BCUT2D eigenvalue weighted by molar-refractivity contribution is 0.0582. The average Bonchev–Trinajstić information content (AvgIpc) is 2.31. The van der Waals surface area contributed by atoms with Gasteiger partial charge in [0.05, 0.1) is 0 Å². The van der Waals surface area contributed by atoms with E-state index in [0.717, 1.165) is 36.9 Å². The monoisotopic (exact) mass is 235 g/mol. The summed E-state index contributed by atoms with van der Waals surface area (Å²) in [6.45, 7) is 0.912. The first-order chi connectivity index (χ1) is 7.75. The van der Waals surface area contributed by atoms with Gasteiger partial charge in [0.2, 0.25) is 0 Å². The largest absolute Gasteiger partial charge is 0.335 e.